The van der Waals surface area contributed by atoms with Crippen LogP contribution in [0, 0.1) is 0 Å². The molecule has 2 atom stereocenters. The first-order chi connectivity index (χ1) is 11.4. The Hall–Kier alpha value is -1.64. The molecular formula is C21H24O2. The molecule has 2 aliphatic rings. The number of hydrogen-bond donors (Lipinski definition) is 0. The molecule has 0 N–H and O–H groups in total. The van der Waals surface area contributed by atoms with Gasteiger partial charge in [-0.3, -0.25) is 0 Å². The molecule has 2 heteroatoms. The number of fused-ring (bicyclic) bond motifs is 2. The van der Waals surface area contributed by atoms with Crippen LogP contribution in [-0.4, -0.2) is 12.7 Å². The van der Waals surface area contributed by atoms with E-state index in [1.165, 1.54) is 29.5 Å². The third kappa shape index (κ3) is 3.06. The Bertz CT molecular complexity index is 652. The third-order valence-electron chi connectivity index (χ3n) is 5.35. The maximum atomic E-state index is 6.26. The zero-order chi connectivity index (χ0) is 15.5. The minimum absolute atomic E-state index is 0.161. The lowest BCUT2D eigenvalue weighted by molar-refractivity contribution is -0.0387. The van der Waals surface area contributed by atoms with Crippen LogP contribution in [0.4, 0.5) is 0 Å². The van der Waals surface area contributed by atoms with Crippen LogP contribution in [0.2, 0.25) is 0 Å². The van der Waals surface area contributed by atoms with Gasteiger partial charge in [-0.2, -0.15) is 0 Å². The fourth-order valence-corrected chi connectivity index (χ4v) is 4.21. The van der Waals surface area contributed by atoms with E-state index in [0.29, 0.717) is 12.7 Å². The van der Waals surface area contributed by atoms with Crippen molar-refractivity contribution >= 4 is 0 Å². The largest absolute Gasteiger partial charge is 0.376 e. The van der Waals surface area contributed by atoms with E-state index in [2.05, 4.69) is 54.6 Å². The lowest BCUT2D eigenvalue weighted by Gasteiger charge is -2.44. The van der Waals surface area contributed by atoms with Gasteiger partial charge in [0.1, 0.15) is 0 Å². The third-order valence-corrected chi connectivity index (χ3v) is 5.35. The quantitative estimate of drug-likeness (QED) is 0.824. The second-order valence-corrected chi connectivity index (χ2v) is 6.95. The van der Waals surface area contributed by atoms with Gasteiger partial charge in [0.25, 0.3) is 0 Å². The molecule has 0 bridgehead atoms. The second-order valence-electron chi connectivity index (χ2n) is 6.95. The molecule has 0 aromatic heterocycles. The van der Waals surface area contributed by atoms with E-state index >= 15 is 0 Å². The predicted molar refractivity (Wildman–Crippen MR) is 91.3 cm³/mol. The summed E-state index contributed by atoms with van der Waals surface area (Å²) in [6.07, 6.45) is 5.01. The van der Waals surface area contributed by atoms with Crippen molar-refractivity contribution in [3.05, 3.63) is 71.3 Å². The summed E-state index contributed by atoms with van der Waals surface area (Å²) in [5.74, 6) is 0. The van der Waals surface area contributed by atoms with Crippen LogP contribution in [0.1, 0.15) is 42.4 Å². The highest BCUT2D eigenvalue weighted by molar-refractivity contribution is 5.36. The Morgan fingerprint density at radius 2 is 1.87 bits per heavy atom. The Labute approximate surface area is 138 Å². The maximum Gasteiger partial charge on any atom is 0.0720 e. The molecular weight excluding hydrogens is 284 g/mol. The van der Waals surface area contributed by atoms with Gasteiger partial charge >= 0.3 is 0 Å². The fourth-order valence-electron chi connectivity index (χ4n) is 4.21. The van der Waals surface area contributed by atoms with Crippen molar-refractivity contribution in [3.8, 4) is 0 Å². The normalized spacial score (nSPS) is 26.9. The van der Waals surface area contributed by atoms with Gasteiger partial charge in [-0.05, 0) is 42.4 Å². The van der Waals surface area contributed by atoms with Crippen LogP contribution in [0.3, 0.4) is 0 Å². The number of rotatable bonds is 3. The zero-order valence-corrected chi connectivity index (χ0v) is 13.5. The van der Waals surface area contributed by atoms with E-state index in [1.54, 1.807) is 0 Å². The SMILES string of the molecule is c1ccc(COC2CCCC3(COCc4ccccc43)C2)cc1. The van der Waals surface area contributed by atoms with Gasteiger partial charge in [0, 0.05) is 5.41 Å². The van der Waals surface area contributed by atoms with E-state index in [1.807, 2.05) is 0 Å². The molecule has 1 aliphatic carbocycles. The molecule has 1 aliphatic heterocycles. The second kappa shape index (κ2) is 6.46. The molecule has 4 rings (SSSR count). The zero-order valence-electron chi connectivity index (χ0n) is 13.5. The van der Waals surface area contributed by atoms with Gasteiger partial charge in [0.15, 0.2) is 0 Å². The van der Waals surface area contributed by atoms with Crippen molar-refractivity contribution < 1.29 is 9.47 Å². The summed E-state index contributed by atoms with van der Waals surface area (Å²) < 4.78 is 12.2. The van der Waals surface area contributed by atoms with Crippen LogP contribution in [0.15, 0.2) is 54.6 Å². The van der Waals surface area contributed by atoms with Crippen molar-refractivity contribution in [2.24, 2.45) is 0 Å². The highest BCUT2D eigenvalue weighted by Crippen LogP contribution is 2.44. The first-order valence-corrected chi connectivity index (χ1v) is 8.67. The van der Waals surface area contributed by atoms with Gasteiger partial charge in [-0.15, -0.1) is 0 Å². The van der Waals surface area contributed by atoms with E-state index < -0.39 is 0 Å². The van der Waals surface area contributed by atoms with E-state index in [9.17, 15) is 0 Å². The van der Waals surface area contributed by atoms with Gasteiger partial charge in [-0.1, -0.05) is 54.6 Å². The van der Waals surface area contributed by atoms with Crippen molar-refractivity contribution in [1.82, 2.24) is 0 Å². The number of benzene rings is 2. The maximum absolute atomic E-state index is 6.26. The Morgan fingerprint density at radius 1 is 1.04 bits per heavy atom. The fraction of sp³-hybridized carbons (Fsp3) is 0.429. The Morgan fingerprint density at radius 3 is 2.78 bits per heavy atom. The molecule has 2 nitrogen and oxygen atoms in total. The molecule has 1 saturated carbocycles. The summed E-state index contributed by atoms with van der Waals surface area (Å²) in [7, 11) is 0. The standard InChI is InChI=1S/C21H24O2/c1-2-7-17(8-3-1)14-23-19-10-6-12-21(13-19)16-22-15-18-9-4-5-11-20(18)21/h1-5,7-9,11,19H,6,10,12-16H2. The highest BCUT2D eigenvalue weighted by Gasteiger charge is 2.41. The number of ether oxygens (including phenoxy) is 2. The van der Waals surface area contributed by atoms with E-state index in [-0.39, 0.29) is 5.41 Å². The average molecular weight is 308 g/mol. The van der Waals surface area contributed by atoms with Gasteiger partial charge in [0.05, 0.1) is 25.9 Å². The summed E-state index contributed by atoms with van der Waals surface area (Å²) in [5.41, 5.74) is 4.28. The topological polar surface area (TPSA) is 18.5 Å². The van der Waals surface area contributed by atoms with Crippen molar-refractivity contribution in [3.63, 3.8) is 0 Å². The summed E-state index contributed by atoms with van der Waals surface area (Å²) in [6, 6.07) is 19.3. The monoisotopic (exact) mass is 308 g/mol. The molecule has 1 spiro atoms. The lowest BCUT2D eigenvalue weighted by Crippen LogP contribution is -2.43. The molecule has 23 heavy (non-hydrogen) atoms. The molecule has 1 fully saturated rings. The van der Waals surface area contributed by atoms with Crippen LogP contribution in [-0.2, 0) is 28.1 Å². The average Bonchev–Trinajstić information content (AvgIpc) is 2.62. The molecule has 2 unspecified atom stereocenters. The van der Waals surface area contributed by atoms with E-state index in [0.717, 1.165) is 26.1 Å². The molecule has 120 valence electrons. The molecule has 1 heterocycles. The summed E-state index contributed by atoms with van der Waals surface area (Å²) >= 11 is 0. The Balaban J connectivity index is 1.49. The summed E-state index contributed by atoms with van der Waals surface area (Å²) in [4.78, 5) is 0. The van der Waals surface area contributed by atoms with E-state index in [4.69, 9.17) is 9.47 Å². The first kappa shape index (κ1) is 14.9. The first-order valence-electron chi connectivity index (χ1n) is 8.67. The lowest BCUT2D eigenvalue weighted by atomic mass is 9.67. The van der Waals surface area contributed by atoms with Crippen molar-refractivity contribution in [1.29, 1.82) is 0 Å². The summed E-state index contributed by atoms with van der Waals surface area (Å²) in [5, 5.41) is 0. The number of hydrogen-bond acceptors (Lipinski definition) is 2. The van der Waals surface area contributed by atoms with Gasteiger partial charge in [-0.25, -0.2) is 0 Å². The van der Waals surface area contributed by atoms with Crippen molar-refractivity contribution in [2.75, 3.05) is 6.61 Å². The van der Waals surface area contributed by atoms with Crippen molar-refractivity contribution in [2.45, 2.75) is 50.4 Å². The van der Waals surface area contributed by atoms with Gasteiger partial charge < -0.3 is 9.47 Å². The predicted octanol–water partition coefficient (Wildman–Crippen LogP) is 4.61. The van der Waals surface area contributed by atoms with Crippen LogP contribution < -0.4 is 0 Å². The molecule has 0 saturated heterocycles. The molecule has 0 amide bonds. The molecule has 2 aromatic carbocycles. The van der Waals surface area contributed by atoms with Crippen LogP contribution in [0.25, 0.3) is 0 Å². The minimum atomic E-state index is 0.161. The smallest absolute Gasteiger partial charge is 0.0720 e. The Kier molecular flexibility index (Phi) is 4.19. The van der Waals surface area contributed by atoms with Crippen LogP contribution in [0.5, 0.6) is 0 Å². The highest BCUT2D eigenvalue weighted by atomic mass is 16.5. The minimum Gasteiger partial charge on any atom is -0.376 e. The molecule has 0 radical (unpaired) electrons. The molecule has 2 aromatic rings. The summed E-state index contributed by atoms with van der Waals surface area (Å²) in [6.45, 7) is 2.31. The van der Waals surface area contributed by atoms with Crippen LogP contribution >= 0.6 is 0 Å². The van der Waals surface area contributed by atoms with Gasteiger partial charge in [0.2, 0.25) is 0 Å².